The van der Waals surface area contributed by atoms with Gasteiger partial charge in [-0.3, -0.25) is 4.79 Å². The minimum atomic E-state index is -1.40. The molecule has 136 valence electrons. The Bertz CT molecular complexity index is 833. The molecule has 0 spiro atoms. The lowest BCUT2D eigenvalue weighted by Crippen LogP contribution is -2.47. The van der Waals surface area contributed by atoms with Crippen molar-refractivity contribution in [1.82, 2.24) is 5.32 Å². The lowest BCUT2D eigenvalue weighted by Gasteiger charge is -2.38. The van der Waals surface area contributed by atoms with E-state index < -0.39 is 22.8 Å². The van der Waals surface area contributed by atoms with Gasteiger partial charge in [-0.25, -0.2) is 13.8 Å². The van der Waals surface area contributed by atoms with Gasteiger partial charge in [-0.15, -0.1) is 0 Å². The third-order valence-electron chi connectivity index (χ3n) is 4.29. The Kier molecular flexibility index (Phi) is 5.96. The molecule has 1 N–H and O–H groups in total. The maximum atomic E-state index is 15.2. The zero-order valence-electron chi connectivity index (χ0n) is 14.0. The minimum absolute atomic E-state index is 0.189. The van der Waals surface area contributed by atoms with Crippen molar-refractivity contribution >= 4 is 45.4 Å². The van der Waals surface area contributed by atoms with Gasteiger partial charge in [0.25, 0.3) is 5.91 Å². The number of thioether (sulfide) groups is 1. The van der Waals surface area contributed by atoms with Crippen LogP contribution >= 0.6 is 34.4 Å². The van der Waals surface area contributed by atoms with E-state index in [4.69, 9.17) is 0 Å². The first-order valence-corrected chi connectivity index (χ1v) is 10.4. The Labute approximate surface area is 168 Å². The van der Waals surface area contributed by atoms with Gasteiger partial charge in [-0.1, -0.05) is 70.8 Å². The summed E-state index contributed by atoms with van der Waals surface area (Å²) < 4.78 is 30.0. The van der Waals surface area contributed by atoms with Crippen LogP contribution in [0.5, 0.6) is 0 Å². The van der Waals surface area contributed by atoms with Crippen molar-refractivity contribution in [2.24, 2.45) is 4.99 Å². The summed E-state index contributed by atoms with van der Waals surface area (Å²) in [5.74, 6) is -0.827. The smallest absolute Gasteiger partial charge is 0.257 e. The Morgan fingerprint density at radius 1 is 1.23 bits per heavy atom. The van der Waals surface area contributed by atoms with E-state index in [-0.39, 0.29) is 11.5 Å². The van der Waals surface area contributed by atoms with Crippen LogP contribution in [0.2, 0.25) is 0 Å². The normalized spacial score (nSPS) is 25.5. The number of carbonyl (C=O) groups is 1. The molecule has 0 radical (unpaired) electrons. The molecule has 3 atom stereocenters. The molecule has 26 heavy (non-hydrogen) atoms. The molecule has 7 heteroatoms. The number of alkyl halides is 2. The van der Waals surface area contributed by atoms with Gasteiger partial charge < -0.3 is 5.32 Å². The monoisotopic (exact) mass is 486 g/mol. The average molecular weight is 486 g/mol. The first-order valence-electron chi connectivity index (χ1n) is 8.03. The van der Waals surface area contributed by atoms with Crippen molar-refractivity contribution in [3.63, 3.8) is 0 Å². The van der Waals surface area contributed by atoms with Crippen molar-refractivity contribution in [2.75, 3.05) is 4.43 Å². The highest BCUT2D eigenvalue weighted by atomic mass is 127. The molecule has 0 saturated heterocycles. The fourth-order valence-electron chi connectivity index (χ4n) is 2.87. The Morgan fingerprint density at radius 2 is 1.88 bits per heavy atom. The Morgan fingerprint density at radius 3 is 2.54 bits per heavy atom. The lowest BCUT2D eigenvalue weighted by atomic mass is 9.86. The van der Waals surface area contributed by atoms with Crippen LogP contribution in [0.1, 0.15) is 22.8 Å². The van der Waals surface area contributed by atoms with Crippen molar-refractivity contribution < 1.29 is 13.6 Å². The predicted molar refractivity (Wildman–Crippen MR) is 110 cm³/mol. The largest absolute Gasteiger partial charge is 0.301 e. The first-order chi connectivity index (χ1) is 12.5. The van der Waals surface area contributed by atoms with Crippen molar-refractivity contribution in [3.05, 3.63) is 71.5 Å². The quantitative estimate of drug-likeness (QED) is 0.504. The Balaban J connectivity index is 1.97. The molecular formula is C19H17F2IN2OS. The molecule has 1 heterocycles. The second kappa shape index (κ2) is 8.04. The van der Waals surface area contributed by atoms with Gasteiger partial charge in [-0.2, -0.15) is 0 Å². The number of carbonyl (C=O) groups excluding carboxylic acids is 1. The van der Waals surface area contributed by atoms with Gasteiger partial charge >= 0.3 is 0 Å². The number of rotatable bonds is 3. The number of amides is 1. The van der Waals surface area contributed by atoms with E-state index in [0.29, 0.717) is 15.2 Å². The van der Waals surface area contributed by atoms with Crippen LogP contribution < -0.4 is 5.32 Å². The molecular weight excluding hydrogens is 469 g/mol. The second-order valence-corrected chi connectivity index (χ2v) is 8.19. The van der Waals surface area contributed by atoms with Crippen LogP contribution in [0.15, 0.2) is 59.6 Å². The van der Waals surface area contributed by atoms with Crippen LogP contribution in [0, 0.1) is 5.82 Å². The molecule has 3 nitrogen and oxygen atoms in total. The number of amidine groups is 1. The van der Waals surface area contributed by atoms with Gasteiger partial charge in [0, 0.05) is 15.6 Å². The molecule has 0 fully saturated rings. The second-order valence-electron chi connectivity index (χ2n) is 6.08. The molecule has 1 aliphatic rings. The van der Waals surface area contributed by atoms with Gasteiger partial charge in [0.1, 0.15) is 17.5 Å². The van der Waals surface area contributed by atoms with E-state index in [1.54, 1.807) is 49.4 Å². The van der Waals surface area contributed by atoms with Crippen molar-refractivity contribution in [1.29, 1.82) is 0 Å². The molecule has 0 aliphatic carbocycles. The molecule has 2 aromatic rings. The van der Waals surface area contributed by atoms with E-state index in [1.807, 2.05) is 6.07 Å². The van der Waals surface area contributed by atoms with Gasteiger partial charge in [-0.05, 0) is 25.1 Å². The topological polar surface area (TPSA) is 41.5 Å². The predicted octanol–water partition coefficient (Wildman–Crippen LogP) is 4.72. The zero-order chi connectivity index (χ0) is 18.7. The molecule has 1 amide bonds. The maximum absolute atomic E-state index is 15.2. The minimum Gasteiger partial charge on any atom is -0.301 e. The third kappa shape index (κ3) is 3.78. The zero-order valence-corrected chi connectivity index (χ0v) is 16.9. The highest BCUT2D eigenvalue weighted by Gasteiger charge is 2.47. The van der Waals surface area contributed by atoms with E-state index in [0.717, 1.165) is 0 Å². The Hall–Kier alpha value is -1.48. The number of aliphatic imine (C=N–C) groups is 1. The summed E-state index contributed by atoms with van der Waals surface area (Å²) >= 11 is 3.28. The molecule has 0 aromatic heterocycles. The van der Waals surface area contributed by atoms with E-state index in [1.165, 1.54) is 17.8 Å². The number of hydrogen-bond acceptors (Lipinski definition) is 3. The molecule has 0 bridgehead atoms. The van der Waals surface area contributed by atoms with E-state index in [2.05, 4.69) is 32.9 Å². The van der Waals surface area contributed by atoms with Crippen LogP contribution in [-0.4, -0.2) is 26.9 Å². The fourth-order valence-corrected chi connectivity index (χ4v) is 4.98. The molecule has 1 aliphatic heterocycles. The summed E-state index contributed by atoms with van der Waals surface area (Å²) in [6, 6.07) is 14.8. The van der Waals surface area contributed by atoms with E-state index in [9.17, 15) is 9.18 Å². The summed E-state index contributed by atoms with van der Waals surface area (Å²) in [7, 11) is 0. The number of halogens is 3. The highest BCUT2D eigenvalue weighted by molar-refractivity contribution is 14.1. The van der Waals surface area contributed by atoms with Gasteiger partial charge in [0.05, 0.1) is 5.25 Å². The highest BCUT2D eigenvalue weighted by Crippen LogP contribution is 2.43. The summed E-state index contributed by atoms with van der Waals surface area (Å²) in [5, 5.41) is 2.61. The van der Waals surface area contributed by atoms with E-state index >= 15 is 4.39 Å². The molecule has 2 aromatic carbocycles. The SMILES string of the molecule is C[C@]1(c2ccccc2F)N=C(NC(=O)c2ccccc2)S[C@H](CI)[C@@H]1F. The maximum Gasteiger partial charge on any atom is 0.257 e. The first kappa shape index (κ1) is 19.3. The van der Waals surface area contributed by atoms with Crippen LogP contribution in [-0.2, 0) is 5.54 Å². The number of hydrogen-bond donors (Lipinski definition) is 1. The lowest BCUT2D eigenvalue weighted by molar-refractivity contribution is 0.0977. The number of nitrogens with one attached hydrogen (secondary N) is 1. The summed E-state index contributed by atoms with van der Waals surface area (Å²) in [6.45, 7) is 1.57. The average Bonchev–Trinajstić information content (AvgIpc) is 2.65. The number of benzene rings is 2. The molecule has 0 saturated carbocycles. The number of nitrogens with zero attached hydrogens (tertiary/aromatic N) is 1. The summed E-state index contributed by atoms with van der Waals surface area (Å²) in [6.07, 6.45) is -1.38. The van der Waals surface area contributed by atoms with Crippen LogP contribution in [0.3, 0.4) is 0 Å². The molecule has 0 unspecified atom stereocenters. The molecule has 3 rings (SSSR count). The summed E-state index contributed by atoms with van der Waals surface area (Å²) in [4.78, 5) is 16.8. The van der Waals surface area contributed by atoms with Crippen molar-refractivity contribution in [3.8, 4) is 0 Å². The fraction of sp³-hybridized carbons (Fsp3) is 0.263. The van der Waals surface area contributed by atoms with Crippen molar-refractivity contribution in [2.45, 2.75) is 23.9 Å². The van der Waals surface area contributed by atoms with Crippen LogP contribution in [0.4, 0.5) is 8.78 Å². The summed E-state index contributed by atoms with van der Waals surface area (Å²) in [5.41, 5.74) is -0.725. The third-order valence-corrected chi connectivity index (χ3v) is 6.96. The standard InChI is InChI=1S/C19H17F2IN2OS/c1-19(13-9-5-6-10-14(13)20)16(21)15(11-22)26-18(24-19)23-17(25)12-7-3-2-4-8-12/h2-10,15-16H,11H2,1H3,(H,23,24,25)/t15-,16+,19-/m1/s1. The van der Waals surface area contributed by atoms with Crippen LogP contribution in [0.25, 0.3) is 0 Å². The van der Waals surface area contributed by atoms with Gasteiger partial charge in [0.2, 0.25) is 0 Å². The van der Waals surface area contributed by atoms with Gasteiger partial charge in [0.15, 0.2) is 5.17 Å².